The molecule has 0 unspecified atom stereocenters. The number of aromatic amines is 1. The standard InChI is InChI=1S/C15H22N2O/c1-5-17(3)7-6-12-10-16-15-11(2)8-13(18-4)9-14(12)15/h8-10,16H,5-7H2,1-4H3. The van der Waals surface area contributed by atoms with Gasteiger partial charge in [-0.1, -0.05) is 6.92 Å². The quantitative estimate of drug-likeness (QED) is 0.878. The Bertz CT molecular complexity index is 531. The van der Waals surface area contributed by atoms with Crippen molar-refractivity contribution in [1.82, 2.24) is 9.88 Å². The molecule has 0 bridgehead atoms. The molecule has 1 aromatic carbocycles. The van der Waals surface area contributed by atoms with E-state index in [2.05, 4.69) is 49.1 Å². The van der Waals surface area contributed by atoms with E-state index in [4.69, 9.17) is 4.74 Å². The Morgan fingerprint density at radius 3 is 2.78 bits per heavy atom. The SMILES string of the molecule is CCN(C)CCc1c[nH]c2c(C)cc(OC)cc12. The van der Waals surface area contributed by atoms with Crippen LogP contribution in [0.5, 0.6) is 5.75 Å². The predicted molar refractivity (Wildman–Crippen MR) is 76.5 cm³/mol. The van der Waals surface area contributed by atoms with Crippen LogP contribution in [0.1, 0.15) is 18.1 Å². The molecule has 0 saturated heterocycles. The fourth-order valence-electron chi connectivity index (χ4n) is 2.23. The Kier molecular flexibility index (Phi) is 3.92. The van der Waals surface area contributed by atoms with E-state index < -0.39 is 0 Å². The number of aromatic nitrogens is 1. The number of benzene rings is 1. The summed E-state index contributed by atoms with van der Waals surface area (Å²) in [6, 6.07) is 4.20. The molecule has 0 amide bonds. The van der Waals surface area contributed by atoms with Gasteiger partial charge >= 0.3 is 0 Å². The third-order valence-electron chi connectivity index (χ3n) is 3.58. The van der Waals surface area contributed by atoms with E-state index in [-0.39, 0.29) is 0 Å². The predicted octanol–water partition coefficient (Wildman–Crippen LogP) is 2.98. The van der Waals surface area contributed by atoms with Crippen molar-refractivity contribution in [2.24, 2.45) is 0 Å². The summed E-state index contributed by atoms with van der Waals surface area (Å²) in [7, 11) is 3.87. The second-order valence-corrected chi connectivity index (χ2v) is 4.83. The number of ether oxygens (including phenoxy) is 1. The Balaban J connectivity index is 2.31. The molecule has 1 N–H and O–H groups in total. The van der Waals surface area contributed by atoms with E-state index in [1.807, 2.05) is 0 Å². The largest absolute Gasteiger partial charge is 0.497 e. The van der Waals surface area contributed by atoms with Gasteiger partial charge in [0.25, 0.3) is 0 Å². The van der Waals surface area contributed by atoms with Crippen molar-refractivity contribution >= 4 is 10.9 Å². The molecule has 3 nitrogen and oxygen atoms in total. The Hall–Kier alpha value is -1.48. The van der Waals surface area contributed by atoms with Crippen molar-refractivity contribution < 1.29 is 4.74 Å². The molecule has 0 aliphatic carbocycles. The van der Waals surface area contributed by atoms with Gasteiger partial charge in [-0.15, -0.1) is 0 Å². The van der Waals surface area contributed by atoms with Crippen LogP contribution in [0.15, 0.2) is 18.3 Å². The smallest absolute Gasteiger partial charge is 0.119 e. The Morgan fingerprint density at radius 2 is 2.11 bits per heavy atom. The first kappa shape index (κ1) is 13.0. The summed E-state index contributed by atoms with van der Waals surface area (Å²) in [5.41, 5.74) is 3.83. The molecule has 1 aromatic heterocycles. The number of rotatable bonds is 5. The maximum atomic E-state index is 5.35. The van der Waals surface area contributed by atoms with Crippen LogP contribution in [0.4, 0.5) is 0 Å². The molecule has 2 rings (SSSR count). The Labute approximate surface area is 109 Å². The zero-order valence-electron chi connectivity index (χ0n) is 11.7. The number of methoxy groups -OCH3 is 1. The molecule has 0 aliphatic heterocycles. The minimum Gasteiger partial charge on any atom is -0.497 e. The first-order valence-corrected chi connectivity index (χ1v) is 6.48. The number of hydrogen-bond acceptors (Lipinski definition) is 2. The van der Waals surface area contributed by atoms with Crippen molar-refractivity contribution in [1.29, 1.82) is 0 Å². The highest BCUT2D eigenvalue weighted by Gasteiger charge is 2.08. The van der Waals surface area contributed by atoms with Crippen molar-refractivity contribution in [3.8, 4) is 5.75 Å². The molecule has 0 spiro atoms. The second kappa shape index (κ2) is 5.44. The van der Waals surface area contributed by atoms with Gasteiger partial charge in [0, 0.05) is 23.6 Å². The molecule has 0 aliphatic rings. The number of aryl methyl sites for hydroxylation is 1. The molecule has 2 aromatic rings. The first-order valence-electron chi connectivity index (χ1n) is 6.48. The molecular weight excluding hydrogens is 224 g/mol. The maximum Gasteiger partial charge on any atom is 0.119 e. The molecule has 0 fully saturated rings. The summed E-state index contributed by atoms with van der Waals surface area (Å²) in [6.07, 6.45) is 3.19. The normalized spacial score (nSPS) is 11.4. The second-order valence-electron chi connectivity index (χ2n) is 4.83. The van der Waals surface area contributed by atoms with E-state index in [1.165, 1.54) is 22.0 Å². The van der Waals surface area contributed by atoms with Crippen LogP contribution in [0, 0.1) is 6.92 Å². The molecule has 0 radical (unpaired) electrons. The van der Waals surface area contributed by atoms with Gasteiger partial charge in [0.05, 0.1) is 7.11 Å². The van der Waals surface area contributed by atoms with Crippen LogP contribution in [0.3, 0.4) is 0 Å². The zero-order chi connectivity index (χ0) is 13.1. The van der Waals surface area contributed by atoms with Gasteiger partial charge in [-0.2, -0.15) is 0 Å². The number of nitrogens with zero attached hydrogens (tertiary/aromatic N) is 1. The van der Waals surface area contributed by atoms with Crippen molar-refractivity contribution in [2.45, 2.75) is 20.3 Å². The van der Waals surface area contributed by atoms with Crippen LogP contribution in [0.25, 0.3) is 10.9 Å². The van der Waals surface area contributed by atoms with Gasteiger partial charge < -0.3 is 14.6 Å². The van der Waals surface area contributed by atoms with Crippen LogP contribution < -0.4 is 4.74 Å². The maximum absolute atomic E-state index is 5.35. The van der Waals surface area contributed by atoms with E-state index >= 15 is 0 Å². The lowest BCUT2D eigenvalue weighted by Crippen LogP contribution is -2.20. The summed E-state index contributed by atoms with van der Waals surface area (Å²) in [5, 5.41) is 1.29. The summed E-state index contributed by atoms with van der Waals surface area (Å²) in [5.74, 6) is 0.935. The molecule has 0 atom stereocenters. The summed E-state index contributed by atoms with van der Waals surface area (Å²) in [6.45, 7) is 6.47. The highest BCUT2D eigenvalue weighted by atomic mass is 16.5. The molecule has 18 heavy (non-hydrogen) atoms. The van der Waals surface area contributed by atoms with Crippen LogP contribution >= 0.6 is 0 Å². The highest BCUT2D eigenvalue weighted by molar-refractivity contribution is 5.87. The third-order valence-corrected chi connectivity index (χ3v) is 3.58. The highest BCUT2D eigenvalue weighted by Crippen LogP contribution is 2.27. The first-order chi connectivity index (χ1) is 8.65. The fraction of sp³-hybridized carbons (Fsp3) is 0.467. The monoisotopic (exact) mass is 246 g/mol. The third kappa shape index (κ3) is 2.51. The van der Waals surface area contributed by atoms with E-state index in [1.54, 1.807) is 7.11 Å². The average molecular weight is 246 g/mol. The lowest BCUT2D eigenvalue weighted by molar-refractivity contribution is 0.358. The minimum atomic E-state index is 0.935. The van der Waals surface area contributed by atoms with Crippen LogP contribution in [-0.4, -0.2) is 37.1 Å². The molecule has 3 heteroatoms. The zero-order valence-corrected chi connectivity index (χ0v) is 11.7. The van der Waals surface area contributed by atoms with Crippen molar-refractivity contribution in [3.05, 3.63) is 29.5 Å². The number of fused-ring (bicyclic) bond motifs is 1. The molecule has 1 heterocycles. The van der Waals surface area contributed by atoms with Crippen molar-refractivity contribution in [2.75, 3.05) is 27.2 Å². The molecule has 0 saturated carbocycles. The van der Waals surface area contributed by atoms with E-state index in [0.29, 0.717) is 0 Å². The molecular formula is C15H22N2O. The van der Waals surface area contributed by atoms with Crippen molar-refractivity contribution in [3.63, 3.8) is 0 Å². The van der Waals surface area contributed by atoms with E-state index in [0.717, 1.165) is 25.3 Å². The molecule has 98 valence electrons. The van der Waals surface area contributed by atoms with Gasteiger partial charge in [0.2, 0.25) is 0 Å². The van der Waals surface area contributed by atoms with Crippen LogP contribution in [0.2, 0.25) is 0 Å². The summed E-state index contributed by atoms with van der Waals surface area (Å²) >= 11 is 0. The fourth-order valence-corrected chi connectivity index (χ4v) is 2.23. The summed E-state index contributed by atoms with van der Waals surface area (Å²) < 4.78 is 5.35. The Morgan fingerprint density at radius 1 is 1.33 bits per heavy atom. The number of nitrogens with one attached hydrogen (secondary N) is 1. The number of hydrogen-bond donors (Lipinski definition) is 1. The van der Waals surface area contributed by atoms with E-state index in [9.17, 15) is 0 Å². The van der Waals surface area contributed by atoms with Gasteiger partial charge in [-0.3, -0.25) is 0 Å². The van der Waals surface area contributed by atoms with Gasteiger partial charge in [0.15, 0.2) is 0 Å². The lowest BCUT2D eigenvalue weighted by Gasteiger charge is -2.13. The van der Waals surface area contributed by atoms with Crippen LogP contribution in [-0.2, 0) is 6.42 Å². The average Bonchev–Trinajstić information content (AvgIpc) is 2.79. The van der Waals surface area contributed by atoms with Gasteiger partial charge in [-0.05, 0) is 50.2 Å². The number of likely N-dealkylation sites (N-methyl/N-ethyl adjacent to an activating group) is 1. The van der Waals surface area contributed by atoms with Gasteiger partial charge in [0.1, 0.15) is 5.75 Å². The topological polar surface area (TPSA) is 28.3 Å². The number of H-pyrrole nitrogens is 1. The summed E-state index contributed by atoms with van der Waals surface area (Å²) in [4.78, 5) is 5.70. The minimum absolute atomic E-state index is 0.935. The lowest BCUT2D eigenvalue weighted by atomic mass is 10.1. The van der Waals surface area contributed by atoms with Gasteiger partial charge in [-0.25, -0.2) is 0 Å².